The van der Waals surface area contributed by atoms with Gasteiger partial charge in [0.15, 0.2) is 0 Å². The monoisotopic (exact) mass is 287 g/mol. The van der Waals surface area contributed by atoms with Crippen molar-refractivity contribution in [1.29, 1.82) is 0 Å². The Morgan fingerprint density at radius 3 is 2.38 bits per heavy atom. The summed E-state index contributed by atoms with van der Waals surface area (Å²) in [6, 6.07) is 15.8. The van der Waals surface area contributed by atoms with E-state index in [1.54, 1.807) is 14.2 Å². The first kappa shape index (κ1) is 15.2. The molecule has 0 unspecified atom stereocenters. The van der Waals surface area contributed by atoms with Gasteiger partial charge in [-0.2, -0.15) is 0 Å². The summed E-state index contributed by atoms with van der Waals surface area (Å²) in [7, 11) is 3.28. The molecule has 0 radical (unpaired) electrons. The smallest absolute Gasteiger partial charge is 0.142 e. The zero-order valence-corrected chi connectivity index (χ0v) is 12.5. The van der Waals surface area contributed by atoms with E-state index in [1.165, 1.54) is 5.56 Å². The highest BCUT2D eigenvalue weighted by Crippen LogP contribution is 2.33. The van der Waals surface area contributed by atoms with Gasteiger partial charge in [0.2, 0.25) is 0 Å². The van der Waals surface area contributed by atoms with E-state index >= 15 is 0 Å². The molecule has 112 valence electrons. The molecule has 2 aromatic carbocycles. The predicted molar refractivity (Wildman–Crippen MR) is 84.1 cm³/mol. The van der Waals surface area contributed by atoms with Crippen LogP contribution in [0, 0.1) is 0 Å². The second-order valence-electron chi connectivity index (χ2n) is 4.67. The van der Waals surface area contributed by atoms with E-state index in [4.69, 9.17) is 9.47 Å². The number of methoxy groups -OCH3 is 2. The highest BCUT2D eigenvalue weighted by atomic mass is 16.5. The molecule has 0 heterocycles. The maximum absolute atomic E-state index is 9.35. The van der Waals surface area contributed by atoms with Gasteiger partial charge >= 0.3 is 0 Å². The Hall–Kier alpha value is -2.20. The topological polar surface area (TPSA) is 41.9 Å². The van der Waals surface area contributed by atoms with Crippen molar-refractivity contribution in [2.45, 2.75) is 6.54 Å². The van der Waals surface area contributed by atoms with Crippen LogP contribution in [0.4, 0.5) is 5.69 Å². The predicted octanol–water partition coefficient (Wildman–Crippen LogP) is 2.70. The molecule has 0 saturated heterocycles. The molecule has 0 aliphatic rings. The van der Waals surface area contributed by atoms with E-state index in [2.05, 4.69) is 17.0 Å². The highest BCUT2D eigenvalue weighted by molar-refractivity contribution is 5.62. The van der Waals surface area contributed by atoms with Crippen LogP contribution in [-0.4, -0.2) is 32.5 Å². The largest absolute Gasteiger partial charge is 0.497 e. The Kier molecular flexibility index (Phi) is 5.46. The summed E-state index contributed by atoms with van der Waals surface area (Å²) < 4.78 is 10.7. The fourth-order valence-corrected chi connectivity index (χ4v) is 2.25. The van der Waals surface area contributed by atoms with Gasteiger partial charge in [0.25, 0.3) is 0 Å². The van der Waals surface area contributed by atoms with E-state index in [0.717, 1.165) is 17.2 Å². The fraction of sp³-hybridized carbons (Fsp3) is 0.294. The molecule has 0 aliphatic heterocycles. The van der Waals surface area contributed by atoms with Crippen molar-refractivity contribution in [2.75, 3.05) is 32.3 Å². The van der Waals surface area contributed by atoms with E-state index < -0.39 is 0 Å². The Morgan fingerprint density at radius 2 is 1.76 bits per heavy atom. The Balaban J connectivity index is 2.32. The lowest BCUT2D eigenvalue weighted by atomic mass is 10.2. The Labute approximate surface area is 125 Å². The molecule has 0 atom stereocenters. The average molecular weight is 287 g/mol. The minimum absolute atomic E-state index is 0.0766. The normalized spacial score (nSPS) is 10.2. The minimum Gasteiger partial charge on any atom is -0.497 e. The van der Waals surface area contributed by atoms with Crippen LogP contribution in [0.5, 0.6) is 11.5 Å². The first-order chi connectivity index (χ1) is 10.3. The molecule has 0 fully saturated rings. The van der Waals surface area contributed by atoms with Crippen molar-refractivity contribution in [1.82, 2.24) is 0 Å². The maximum atomic E-state index is 9.35. The molecular formula is C17H21NO3. The van der Waals surface area contributed by atoms with Crippen molar-refractivity contribution >= 4 is 5.69 Å². The zero-order chi connectivity index (χ0) is 15.1. The van der Waals surface area contributed by atoms with Crippen molar-refractivity contribution in [2.24, 2.45) is 0 Å². The number of anilines is 1. The van der Waals surface area contributed by atoms with Gasteiger partial charge in [-0.3, -0.25) is 0 Å². The molecule has 0 saturated carbocycles. The summed E-state index contributed by atoms with van der Waals surface area (Å²) in [5, 5.41) is 9.35. The number of hydrogen-bond donors (Lipinski definition) is 1. The summed E-state index contributed by atoms with van der Waals surface area (Å²) in [5.74, 6) is 1.53. The summed E-state index contributed by atoms with van der Waals surface area (Å²) >= 11 is 0. The summed E-state index contributed by atoms with van der Waals surface area (Å²) in [6.07, 6.45) is 0. The lowest BCUT2D eigenvalue weighted by molar-refractivity contribution is 0.300. The van der Waals surface area contributed by atoms with Gasteiger partial charge in [-0.15, -0.1) is 0 Å². The molecule has 0 spiro atoms. The molecular weight excluding hydrogens is 266 g/mol. The number of benzene rings is 2. The van der Waals surface area contributed by atoms with Crippen molar-refractivity contribution in [3.8, 4) is 11.5 Å². The number of nitrogens with zero attached hydrogens (tertiary/aromatic N) is 1. The molecule has 0 aliphatic carbocycles. The van der Waals surface area contributed by atoms with Crippen molar-refractivity contribution in [3.63, 3.8) is 0 Å². The third kappa shape index (κ3) is 3.89. The van der Waals surface area contributed by atoms with Crippen LogP contribution >= 0.6 is 0 Å². The second-order valence-corrected chi connectivity index (χ2v) is 4.67. The van der Waals surface area contributed by atoms with E-state index in [1.807, 2.05) is 36.4 Å². The van der Waals surface area contributed by atoms with Crippen LogP contribution in [0.25, 0.3) is 0 Å². The average Bonchev–Trinajstić information content (AvgIpc) is 2.55. The number of aliphatic hydroxyl groups excluding tert-OH is 1. The van der Waals surface area contributed by atoms with Crippen LogP contribution in [0.3, 0.4) is 0 Å². The highest BCUT2D eigenvalue weighted by Gasteiger charge is 2.13. The molecule has 0 bridgehead atoms. The van der Waals surface area contributed by atoms with Crippen LogP contribution in [-0.2, 0) is 6.54 Å². The van der Waals surface area contributed by atoms with E-state index in [-0.39, 0.29) is 6.61 Å². The minimum atomic E-state index is 0.0766. The number of hydrogen-bond acceptors (Lipinski definition) is 4. The van der Waals surface area contributed by atoms with Gasteiger partial charge in [-0.25, -0.2) is 0 Å². The van der Waals surface area contributed by atoms with Gasteiger partial charge in [0.1, 0.15) is 11.5 Å². The van der Waals surface area contributed by atoms with Gasteiger partial charge in [0.05, 0.1) is 26.5 Å². The first-order valence-electron chi connectivity index (χ1n) is 6.90. The van der Waals surface area contributed by atoms with Gasteiger partial charge in [0, 0.05) is 19.2 Å². The molecule has 0 aromatic heterocycles. The summed E-state index contributed by atoms with van der Waals surface area (Å²) in [4.78, 5) is 2.08. The lowest BCUT2D eigenvalue weighted by Crippen LogP contribution is -2.26. The second kappa shape index (κ2) is 7.55. The number of rotatable bonds is 7. The van der Waals surface area contributed by atoms with Crippen LogP contribution in [0.15, 0.2) is 48.5 Å². The molecule has 4 nitrogen and oxygen atoms in total. The van der Waals surface area contributed by atoms with Crippen LogP contribution in [0.2, 0.25) is 0 Å². The Morgan fingerprint density at radius 1 is 1.00 bits per heavy atom. The molecule has 0 amide bonds. The van der Waals surface area contributed by atoms with Crippen LogP contribution in [0.1, 0.15) is 5.56 Å². The quantitative estimate of drug-likeness (QED) is 0.850. The summed E-state index contributed by atoms with van der Waals surface area (Å²) in [5.41, 5.74) is 2.09. The number of ether oxygens (including phenoxy) is 2. The summed E-state index contributed by atoms with van der Waals surface area (Å²) in [6.45, 7) is 1.30. The van der Waals surface area contributed by atoms with Crippen molar-refractivity contribution < 1.29 is 14.6 Å². The molecule has 2 aromatic rings. The van der Waals surface area contributed by atoms with Crippen LogP contribution < -0.4 is 14.4 Å². The standard InChI is InChI=1S/C17H21NO3/c1-20-15-8-9-17(21-2)16(12-15)18(10-11-19)13-14-6-4-3-5-7-14/h3-9,12,19H,10-11,13H2,1-2H3. The number of aliphatic hydroxyl groups is 1. The lowest BCUT2D eigenvalue weighted by Gasteiger charge is -2.26. The van der Waals surface area contributed by atoms with Gasteiger partial charge in [-0.05, 0) is 17.7 Å². The van der Waals surface area contributed by atoms with Crippen molar-refractivity contribution in [3.05, 3.63) is 54.1 Å². The fourth-order valence-electron chi connectivity index (χ4n) is 2.25. The SMILES string of the molecule is COc1ccc(OC)c(N(CCO)Cc2ccccc2)c1. The third-order valence-corrected chi connectivity index (χ3v) is 3.31. The zero-order valence-electron chi connectivity index (χ0n) is 12.5. The molecule has 2 rings (SSSR count). The maximum Gasteiger partial charge on any atom is 0.142 e. The Bertz CT molecular complexity index is 557. The van der Waals surface area contributed by atoms with E-state index in [9.17, 15) is 5.11 Å². The molecule has 21 heavy (non-hydrogen) atoms. The van der Waals surface area contributed by atoms with Gasteiger partial charge < -0.3 is 19.5 Å². The molecule has 4 heteroatoms. The van der Waals surface area contributed by atoms with E-state index in [0.29, 0.717) is 13.1 Å². The van der Waals surface area contributed by atoms with Gasteiger partial charge in [-0.1, -0.05) is 30.3 Å². The third-order valence-electron chi connectivity index (χ3n) is 3.31. The molecule has 1 N–H and O–H groups in total. The first-order valence-corrected chi connectivity index (χ1v) is 6.90.